The predicted molar refractivity (Wildman–Crippen MR) is 84.8 cm³/mol. The lowest BCUT2D eigenvalue weighted by Gasteiger charge is -2.30. The van der Waals surface area contributed by atoms with Crippen molar-refractivity contribution in [2.75, 3.05) is 0 Å². The molecule has 0 aromatic rings. The van der Waals surface area contributed by atoms with Crippen LogP contribution in [0.2, 0.25) is 0 Å². The van der Waals surface area contributed by atoms with E-state index in [1.807, 2.05) is 13.8 Å². The molecule has 19 heavy (non-hydrogen) atoms. The van der Waals surface area contributed by atoms with Crippen molar-refractivity contribution in [3.8, 4) is 0 Å². The summed E-state index contributed by atoms with van der Waals surface area (Å²) in [6.45, 7) is 8.28. The second-order valence-electron chi connectivity index (χ2n) is 5.79. The lowest BCUT2D eigenvalue weighted by molar-refractivity contribution is -0.0411. The summed E-state index contributed by atoms with van der Waals surface area (Å²) >= 11 is 0. The largest absolute Gasteiger partial charge is 0.374 e. The maximum atomic E-state index is 5.72. The molecule has 2 fully saturated rings. The van der Waals surface area contributed by atoms with Crippen LogP contribution in [0.25, 0.3) is 0 Å². The highest BCUT2D eigenvalue weighted by molar-refractivity contribution is 7.59. The summed E-state index contributed by atoms with van der Waals surface area (Å²) < 4.78 is 10.9. The van der Waals surface area contributed by atoms with Gasteiger partial charge in [0.1, 0.15) is 0 Å². The molecule has 3 unspecified atom stereocenters. The van der Waals surface area contributed by atoms with Gasteiger partial charge in [-0.05, 0) is 53.4 Å². The Bertz CT molecular complexity index is 219. The van der Waals surface area contributed by atoms with E-state index in [4.69, 9.17) is 20.9 Å². The minimum Gasteiger partial charge on any atom is -0.374 e. The highest BCUT2D eigenvalue weighted by Crippen LogP contribution is 2.17. The topological polar surface area (TPSA) is 70.5 Å². The van der Waals surface area contributed by atoms with Gasteiger partial charge < -0.3 is 20.9 Å². The fourth-order valence-corrected chi connectivity index (χ4v) is 2.39. The molecule has 0 saturated carbocycles. The van der Waals surface area contributed by atoms with E-state index in [-0.39, 0.29) is 37.8 Å². The van der Waals surface area contributed by atoms with Crippen molar-refractivity contribution >= 4 is 13.5 Å². The Morgan fingerprint density at radius 3 is 1.21 bits per heavy atom. The zero-order valence-electron chi connectivity index (χ0n) is 12.8. The molecule has 0 spiro atoms. The highest BCUT2D eigenvalue weighted by Gasteiger charge is 2.22. The fourth-order valence-electron chi connectivity index (χ4n) is 2.39. The SMILES string of the molecule is CC1CCC(N)C(C)O1.C[C@H]1CC[C@H](N)[C@@H](C)O1.S. The molecule has 0 aromatic carbocycles. The molecule has 0 bridgehead atoms. The van der Waals surface area contributed by atoms with Gasteiger partial charge in [0.2, 0.25) is 0 Å². The van der Waals surface area contributed by atoms with Gasteiger partial charge in [-0.2, -0.15) is 13.5 Å². The first-order valence-electron chi connectivity index (χ1n) is 7.22. The van der Waals surface area contributed by atoms with Crippen LogP contribution in [0.5, 0.6) is 0 Å². The molecule has 0 aliphatic carbocycles. The second-order valence-corrected chi connectivity index (χ2v) is 5.79. The van der Waals surface area contributed by atoms with Gasteiger partial charge in [0, 0.05) is 12.1 Å². The van der Waals surface area contributed by atoms with Crippen LogP contribution < -0.4 is 11.5 Å². The predicted octanol–water partition coefficient (Wildman–Crippen LogP) is 1.92. The Morgan fingerprint density at radius 1 is 0.684 bits per heavy atom. The zero-order valence-corrected chi connectivity index (χ0v) is 13.8. The van der Waals surface area contributed by atoms with Crippen molar-refractivity contribution in [1.82, 2.24) is 0 Å². The molecule has 116 valence electrons. The first-order valence-corrected chi connectivity index (χ1v) is 7.22. The van der Waals surface area contributed by atoms with Crippen molar-refractivity contribution in [3.05, 3.63) is 0 Å². The van der Waals surface area contributed by atoms with Crippen LogP contribution in [-0.4, -0.2) is 36.5 Å². The average Bonchev–Trinajstić information content (AvgIpc) is 2.30. The fraction of sp³-hybridized carbons (Fsp3) is 1.00. The molecule has 2 heterocycles. The number of hydrogen-bond donors (Lipinski definition) is 2. The minimum absolute atomic E-state index is 0. The van der Waals surface area contributed by atoms with E-state index in [0.717, 1.165) is 25.7 Å². The molecule has 0 radical (unpaired) electrons. The lowest BCUT2D eigenvalue weighted by Crippen LogP contribution is -2.41. The second kappa shape index (κ2) is 9.19. The summed E-state index contributed by atoms with van der Waals surface area (Å²) in [5.41, 5.74) is 11.4. The van der Waals surface area contributed by atoms with Gasteiger partial charge in [0.05, 0.1) is 24.4 Å². The molecule has 2 aliphatic rings. The first kappa shape index (κ1) is 19.2. The standard InChI is InChI=1S/2C7H15NO.H2S/c2*1-5-3-4-7(8)6(2)9-5;/h2*5-7H,3-4,8H2,1-2H3;1H2/t5-,6+,7-;;/m0../s1. The van der Waals surface area contributed by atoms with Crippen LogP contribution in [-0.2, 0) is 9.47 Å². The van der Waals surface area contributed by atoms with Gasteiger partial charge >= 0.3 is 0 Å². The molecule has 2 saturated heterocycles. The van der Waals surface area contributed by atoms with Crippen LogP contribution in [0.3, 0.4) is 0 Å². The average molecular weight is 292 g/mol. The smallest absolute Gasteiger partial charge is 0.0701 e. The van der Waals surface area contributed by atoms with E-state index in [1.54, 1.807) is 0 Å². The number of hydrogen-bond acceptors (Lipinski definition) is 4. The number of nitrogens with two attached hydrogens (primary N) is 2. The molecule has 5 heteroatoms. The van der Waals surface area contributed by atoms with E-state index in [1.165, 1.54) is 0 Å². The van der Waals surface area contributed by atoms with Crippen LogP contribution in [0, 0.1) is 0 Å². The highest BCUT2D eigenvalue weighted by atomic mass is 32.1. The Morgan fingerprint density at radius 2 is 1.00 bits per heavy atom. The van der Waals surface area contributed by atoms with Crippen molar-refractivity contribution in [3.63, 3.8) is 0 Å². The quantitative estimate of drug-likeness (QED) is 0.715. The van der Waals surface area contributed by atoms with Gasteiger partial charge in [-0.3, -0.25) is 0 Å². The molecule has 4 nitrogen and oxygen atoms in total. The molecular weight excluding hydrogens is 260 g/mol. The van der Waals surface area contributed by atoms with Gasteiger partial charge in [0.25, 0.3) is 0 Å². The molecule has 4 N–H and O–H groups in total. The van der Waals surface area contributed by atoms with E-state index in [0.29, 0.717) is 12.2 Å². The summed E-state index contributed by atoms with van der Waals surface area (Å²) in [6, 6.07) is 0.530. The monoisotopic (exact) mass is 292 g/mol. The summed E-state index contributed by atoms with van der Waals surface area (Å²) in [7, 11) is 0. The number of ether oxygens (including phenoxy) is 2. The van der Waals surface area contributed by atoms with Crippen LogP contribution in [0.4, 0.5) is 0 Å². The summed E-state index contributed by atoms with van der Waals surface area (Å²) in [5.74, 6) is 0. The molecule has 6 atom stereocenters. The third-order valence-corrected chi connectivity index (χ3v) is 3.91. The van der Waals surface area contributed by atoms with Crippen molar-refractivity contribution < 1.29 is 9.47 Å². The molecule has 0 aromatic heterocycles. The first-order chi connectivity index (χ1) is 8.40. The van der Waals surface area contributed by atoms with Crippen LogP contribution in [0.1, 0.15) is 53.4 Å². The van der Waals surface area contributed by atoms with Gasteiger partial charge in [-0.15, -0.1) is 0 Å². The molecule has 2 aliphatic heterocycles. The molecule has 2 rings (SSSR count). The van der Waals surface area contributed by atoms with E-state index < -0.39 is 0 Å². The van der Waals surface area contributed by atoms with Crippen molar-refractivity contribution in [2.45, 2.75) is 89.9 Å². The van der Waals surface area contributed by atoms with E-state index >= 15 is 0 Å². The maximum Gasteiger partial charge on any atom is 0.0701 e. The Labute approximate surface area is 125 Å². The minimum atomic E-state index is 0. The van der Waals surface area contributed by atoms with Crippen LogP contribution >= 0.6 is 13.5 Å². The van der Waals surface area contributed by atoms with Crippen molar-refractivity contribution in [2.24, 2.45) is 11.5 Å². The summed E-state index contributed by atoms with van der Waals surface area (Å²) in [4.78, 5) is 0. The Hall–Kier alpha value is 0.190. The van der Waals surface area contributed by atoms with Gasteiger partial charge in [0.15, 0.2) is 0 Å². The van der Waals surface area contributed by atoms with Gasteiger partial charge in [-0.25, -0.2) is 0 Å². The summed E-state index contributed by atoms with van der Waals surface area (Å²) in [5, 5.41) is 0. The van der Waals surface area contributed by atoms with Crippen LogP contribution in [0.15, 0.2) is 0 Å². The molecule has 0 amide bonds. The number of rotatable bonds is 0. The zero-order chi connectivity index (χ0) is 13.7. The van der Waals surface area contributed by atoms with E-state index in [9.17, 15) is 0 Å². The third kappa shape index (κ3) is 6.95. The maximum absolute atomic E-state index is 5.72. The van der Waals surface area contributed by atoms with Gasteiger partial charge in [-0.1, -0.05) is 0 Å². The van der Waals surface area contributed by atoms with Crippen molar-refractivity contribution in [1.29, 1.82) is 0 Å². The normalized spacial score (nSPS) is 42.6. The third-order valence-electron chi connectivity index (χ3n) is 3.91. The Balaban J connectivity index is 0.000000324. The van der Waals surface area contributed by atoms with E-state index in [2.05, 4.69) is 13.8 Å². The Kier molecular flexibility index (Phi) is 9.28. The lowest BCUT2D eigenvalue weighted by atomic mass is 10.0. The molecular formula is C14H32N2O2S. The summed E-state index contributed by atoms with van der Waals surface area (Å²) in [6.07, 6.45) is 5.81.